The number of ether oxygens (including phenoxy) is 2. The third-order valence-corrected chi connectivity index (χ3v) is 3.25. The van der Waals surface area contributed by atoms with E-state index in [-0.39, 0.29) is 5.75 Å². The van der Waals surface area contributed by atoms with Crippen LogP contribution in [0.5, 0.6) is 11.5 Å². The van der Waals surface area contributed by atoms with Gasteiger partial charge in [0.2, 0.25) is 0 Å². The maximum Gasteiger partial charge on any atom is 0.165 e. The number of aliphatic hydroxyl groups is 1. The molecule has 114 valence electrons. The summed E-state index contributed by atoms with van der Waals surface area (Å²) in [7, 11) is 2.91. The van der Waals surface area contributed by atoms with Gasteiger partial charge in [-0.2, -0.15) is 5.10 Å². The molecule has 1 atom stereocenters. The topological polar surface area (TPSA) is 56.5 Å². The monoisotopic (exact) mass is 294 g/mol. The lowest BCUT2D eigenvalue weighted by atomic mass is 10.1. The molecule has 0 aliphatic heterocycles. The van der Waals surface area contributed by atoms with Gasteiger partial charge in [-0.1, -0.05) is 13.0 Å². The van der Waals surface area contributed by atoms with E-state index in [4.69, 9.17) is 9.47 Å². The molecule has 0 spiro atoms. The Hall–Kier alpha value is -2.08. The number of aliphatic hydroxyl groups excluding tert-OH is 1. The van der Waals surface area contributed by atoms with E-state index >= 15 is 0 Å². The maximum atomic E-state index is 13.8. The van der Waals surface area contributed by atoms with Gasteiger partial charge in [-0.25, -0.2) is 4.39 Å². The number of nitrogens with zero attached hydrogens (tertiary/aromatic N) is 2. The van der Waals surface area contributed by atoms with Crippen molar-refractivity contribution in [2.45, 2.75) is 26.0 Å². The minimum Gasteiger partial charge on any atom is -0.494 e. The van der Waals surface area contributed by atoms with Crippen molar-refractivity contribution in [3.05, 3.63) is 41.5 Å². The van der Waals surface area contributed by atoms with Crippen molar-refractivity contribution in [2.75, 3.05) is 14.2 Å². The average Bonchev–Trinajstić information content (AvgIpc) is 2.89. The molecule has 1 N–H and O–H groups in total. The zero-order chi connectivity index (χ0) is 15.4. The number of methoxy groups -OCH3 is 2. The van der Waals surface area contributed by atoms with E-state index in [9.17, 15) is 9.50 Å². The first kappa shape index (κ1) is 15.3. The van der Waals surface area contributed by atoms with Crippen LogP contribution in [0.2, 0.25) is 0 Å². The molecule has 0 fully saturated rings. The van der Waals surface area contributed by atoms with Crippen molar-refractivity contribution in [3.8, 4) is 11.5 Å². The minimum absolute atomic E-state index is 0.139. The number of hydrogen-bond donors (Lipinski definition) is 1. The molecule has 5 nitrogen and oxygen atoms in total. The van der Waals surface area contributed by atoms with Gasteiger partial charge in [-0.05, 0) is 24.1 Å². The molecule has 0 saturated heterocycles. The van der Waals surface area contributed by atoms with Crippen LogP contribution in [0.3, 0.4) is 0 Å². The second-order valence-corrected chi connectivity index (χ2v) is 4.62. The summed E-state index contributed by atoms with van der Waals surface area (Å²) in [5, 5.41) is 14.7. The molecule has 0 amide bonds. The molecule has 1 unspecified atom stereocenters. The van der Waals surface area contributed by atoms with Gasteiger partial charge in [0, 0.05) is 6.54 Å². The van der Waals surface area contributed by atoms with E-state index in [1.165, 1.54) is 26.4 Å². The number of halogens is 1. The van der Waals surface area contributed by atoms with Crippen LogP contribution in [0.1, 0.15) is 30.7 Å². The summed E-state index contributed by atoms with van der Waals surface area (Å²) in [6.45, 7) is 2.66. The summed E-state index contributed by atoms with van der Waals surface area (Å²) >= 11 is 0. The Morgan fingerprint density at radius 2 is 2.00 bits per heavy atom. The Labute approximate surface area is 122 Å². The maximum absolute atomic E-state index is 13.8. The molecule has 0 aliphatic carbocycles. The van der Waals surface area contributed by atoms with Gasteiger partial charge in [0.25, 0.3) is 0 Å². The summed E-state index contributed by atoms with van der Waals surface area (Å²) < 4.78 is 25.6. The van der Waals surface area contributed by atoms with E-state index in [0.29, 0.717) is 23.6 Å². The summed E-state index contributed by atoms with van der Waals surface area (Å²) in [6, 6.07) is 4.36. The summed E-state index contributed by atoms with van der Waals surface area (Å²) in [6.07, 6.45) is 1.39. The molecule has 6 heteroatoms. The van der Waals surface area contributed by atoms with Crippen LogP contribution < -0.4 is 9.47 Å². The number of hydrogen-bond acceptors (Lipinski definition) is 4. The molecule has 0 saturated carbocycles. The molecule has 1 aromatic carbocycles. The summed E-state index contributed by atoms with van der Waals surface area (Å²) in [4.78, 5) is 0. The van der Waals surface area contributed by atoms with Gasteiger partial charge in [-0.15, -0.1) is 0 Å². The van der Waals surface area contributed by atoms with Crippen LogP contribution in [0.25, 0.3) is 0 Å². The molecule has 21 heavy (non-hydrogen) atoms. The fourth-order valence-corrected chi connectivity index (χ4v) is 2.21. The van der Waals surface area contributed by atoms with E-state index in [1.54, 1.807) is 16.9 Å². The van der Waals surface area contributed by atoms with Gasteiger partial charge in [-0.3, -0.25) is 4.68 Å². The number of benzene rings is 1. The Balaban J connectivity index is 2.41. The lowest BCUT2D eigenvalue weighted by Gasteiger charge is -2.15. The normalized spacial score (nSPS) is 12.2. The molecule has 1 heterocycles. The number of aromatic nitrogens is 2. The third kappa shape index (κ3) is 3.00. The molecule has 2 rings (SSSR count). The van der Waals surface area contributed by atoms with Crippen molar-refractivity contribution < 1.29 is 19.0 Å². The molecule has 1 aromatic heterocycles. The second-order valence-electron chi connectivity index (χ2n) is 4.62. The quantitative estimate of drug-likeness (QED) is 0.889. The Bertz CT molecular complexity index is 613. The first-order valence-electron chi connectivity index (χ1n) is 6.73. The largest absolute Gasteiger partial charge is 0.494 e. The number of aryl methyl sites for hydroxylation is 1. The van der Waals surface area contributed by atoms with Gasteiger partial charge in [0.05, 0.1) is 20.4 Å². The molecular formula is C15H19FN2O3. The van der Waals surface area contributed by atoms with Crippen molar-refractivity contribution in [3.63, 3.8) is 0 Å². The van der Waals surface area contributed by atoms with Crippen LogP contribution >= 0.6 is 0 Å². The summed E-state index contributed by atoms with van der Waals surface area (Å²) in [5.74, 6) is 0.0988. The van der Waals surface area contributed by atoms with Gasteiger partial charge in [0.15, 0.2) is 17.3 Å². The second kappa shape index (κ2) is 6.58. The predicted molar refractivity (Wildman–Crippen MR) is 76.1 cm³/mol. The van der Waals surface area contributed by atoms with E-state index in [1.807, 2.05) is 6.92 Å². The molecule has 0 radical (unpaired) electrons. The average molecular weight is 294 g/mol. The van der Waals surface area contributed by atoms with E-state index in [0.717, 1.165) is 6.42 Å². The molecule has 0 bridgehead atoms. The molecule has 2 aromatic rings. The van der Waals surface area contributed by atoms with Crippen LogP contribution in [0.4, 0.5) is 4.39 Å². The van der Waals surface area contributed by atoms with Crippen LogP contribution in [-0.2, 0) is 6.54 Å². The first-order chi connectivity index (χ1) is 10.1. The van der Waals surface area contributed by atoms with Crippen molar-refractivity contribution in [1.82, 2.24) is 9.78 Å². The highest BCUT2D eigenvalue weighted by Gasteiger charge is 2.22. The van der Waals surface area contributed by atoms with Crippen LogP contribution in [0.15, 0.2) is 24.4 Å². The lowest BCUT2D eigenvalue weighted by Crippen LogP contribution is -2.11. The molecular weight excluding hydrogens is 275 g/mol. The van der Waals surface area contributed by atoms with E-state index < -0.39 is 11.9 Å². The Morgan fingerprint density at radius 3 is 2.57 bits per heavy atom. The number of rotatable bonds is 6. The van der Waals surface area contributed by atoms with E-state index in [2.05, 4.69) is 5.10 Å². The minimum atomic E-state index is -1.02. The van der Waals surface area contributed by atoms with Crippen LogP contribution in [0, 0.1) is 5.82 Å². The highest BCUT2D eigenvalue weighted by atomic mass is 19.1. The predicted octanol–water partition coefficient (Wildman–Crippen LogP) is 2.53. The van der Waals surface area contributed by atoms with Gasteiger partial charge >= 0.3 is 0 Å². The van der Waals surface area contributed by atoms with Crippen molar-refractivity contribution >= 4 is 0 Å². The SMILES string of the molecule is CCCn1ncc(OC)c1C(O)c1ccc(OC)c(F)c1. The zero-order valence-electron chi connectivity index (χ0n) is 12.3. The smallest absolute Gasteiger partial charge is 0.165 e. The Kier molecular flexibility index (Phi) is 4.80. The highest BCUT2D eigenvalue weighted by Crippen LogP contribution is 2.31. The van der Waals surface area contributed by atoms with Gasteiger partial charge in [0.1, 0.15) is 11.8 Å². The van der Waals surface area contributed by atoms with Gasteiger partial charge < -0.3 is 14.6 Å². The fourth-order valence-electron chi connectivity index (χ4n) is 2.21. The highest BCUT2D eigenvalue weighted by molar-refractivity contribution is 5.38. The molecule has 0 aliphatic rings. The van der Waals surface area contributed by atoms with Crippen molar-refractivity contribution in [1.29, 1.82) is 0 Å². The fraction of sp³-hybridized carbons (Fsp3) is 0.400. The third-order valence-electron chi connectivity index (χ3n) is 3.25. The van der Waals surface area contributed by atoms with Crippen LogP contribution in [-0.4, -0.2) is 29.1 Å². The van der Waals surface area contributed by atoms with Crippen molar-refractivity contribution in [2.24, 2.45) is 0 Å². The Morgan fingerprint density at radius 1 is 1.29 bits per heavy atom. The standard InChI is InChI=1S/C15H19FN2O3/c1-4-7-18-14(13(21-3)9-17-18)15(19)10-5-6-12(20-2)11(16)8-10/h5-6,8-9,15,19H,4,7H2,1-3H3. The summed E-state index contributed by atoms with van der Waals surface area (Å²) in [5.41, 5.74) is 0.938. The zero-order valence-corrected chi connectivity index (χ0v) is 12.3. The lowest BCUT2D eigenvalue weighted by molar-refractivity contribution is 0.201. The first-order valence-corrected chi connectivity index (χ1v) is 6.73.